The lowest BCUT2D eigenvalue weighted by atomic mass is 10.0. The Morgan fingerprint density at radius 1 is 1.29 bits per heavy atom. The van der Waals surface area contributed by atoms with Gasteiger partial charge in [-0.2, -0.15) is 0 Å². The largest absolute Gasteiger partial charge is 0.376 e. The number of anilines is 1. The molecule has 1 atom stereocenters. The van der Waals surface area contributed by atoms with E-state index in [-0.39, 0.29) is 12.0 Å². The number of hydrogen-bond acceptors (Lipinski definition) is 4. The van der Waals surface area contributed by atoms with Crippen LogP contribution in [0.3, 0.4) is 0 Å². The molecule has 0 bridgehead atoms. The van der Waals surface area contributed by atoms with E-state index in [1.54, 1.807) is 0 Å². The first kappa shape index (κ1) is 17.0. The van der Waals surface area contributed by atoms with Gasteiger partial charge in [0.15, 0.2) is 5.11 Å². The zero-order valence-corrected chi connectivity index (χ0v) is 14.5. The molecule has 0 aliphatic carbocycles. The van der Waals surface area contributed by atoms with Crippen LogP contribution in [0.4, 0.5) is 5.69 Å². The molecule has 2 aliphatic heterocycles. The highest BCUT2D eigenvalue weighted by atomic mass is 32.1. The van der Waals surface area contributed by atoms with Crippen molar-refractivity contribution in [2.45, 2.75) is 31.8 Å². The van der Waals surface area contributed by atoms with Crippen molar-refractivity contribution < 1.29 is 9.53 Å². The highest BCUT2D eigenvalue weighted by molar-refractivity contribution is 7.80. The van der Waals surface area contributed by atoms with Gasteiger partial charge in [-0.1, -0.05) is 18.2 Å². The summed E-state index contributed by atoms with van der Waals surface area (Å²) in [5.74, 6) is -0.104. The molecule has 2 heterocycles. The standard InChI is InChI=1S/C17H24N4O2S/c22-16(19-20-17(24)18-11-14-7-4-10-23-14)12-21-9-3-6-13-5-1-2-8-15(13)21/h1-2,5,8,14H,3-4,6-7,9-12H2,(H,19,22)(H2,18,20,24)/t14-/m0/s1. The van der Waals surface area contributed by atoms with Crippen LogP contribution in [-0.2, 0) is 16.0 Å². The number of para-hydroxylation sites is 1. The quantitative estimate of drug-likeness (QED) is 0.560. The Hall–Kier alpha value is -1.86. The van der Waals surface area contributed by atoms with E-state index >= 15 is 0 Å². The highest BCUT2D eigenvalue weighted by Gasteiger charge is 2.19. The van der Waals surface area contributed by atoms with E-state index in [0.29, 0.717) is 18.2 Å². The van der Waals surface area contributed by atoms with E-state index in [0.717, 1.165) is 44.5 Å². The zero-order chi connectivity index (χ0) is 16.8. The van der Waals surface area contributed by atoms with Gasteiger partial charge in [-0.15, -0.1) is 0 Å². The summed E-state index contributed by atoms with van der Waals surface area (Å²) in [4.78, 5) is 14.3. The Labute approximate surface area is 147 Å². The van der Waals surface area contributed by atoms with Gasteiger partial charge in [0.1, 0.15) is 0 Å². The molecule has 0 unspecified atom stereocenters. The van der Waals surface area contributed by atoms with Crippen molar-refractivity contribution in [3.05, 3.63) is 29.8 Å². The van der Waals surface area contributed by atoms with Crippen molar-refractivity contribution in [2.75, 3.05) is 31.1 Å². The molecule has 1 fully saturated rings. The molecule has 7 heteroatoms. The van der Waals surface area contributed by atoms with Gasteiger partial charge in [0.25, 0.3) is 5.91 Å². The van der Waals surface area contributed by atoms with Crippen molar-refractivity contribution in [2.24, 2.45) is 0 Å². The summed E-state index contributed by atoms with van der Waals surface area (Å²) >= 11 is 5.17. The lowest BCUT2D eigenvalue weighted by Crippen LogP contribution is -2.51. The SMILES string of the molecule is O=C(CN1CCCc2ccccc21)NNC(=S)NC[C@@H]1CCCO1. The first-order valence-corrected chi connectivity index (χ1v) is 8.90. The van der Waals surface area contributed by atoms with Crippen molar-refractivity contribution >= 4 is 28.9 Å². The van der Waals surface area contributed by atoms with Crippen LogP contribution in [0.15, 0.2) is 24.3 Å². The second-order valence-electron chi connectivity index (χ2n) is 6.17. The van der Waals surface area contributed by atoms with Gasteiger partial charge < -0.3 is 15.0 Å². The Morgan fingerprint density at radius 3 is 3.00 bits per heavy atom. The van der Waals surface area contributed by atoms with Crippen LogP contribution >= 0.6 is 12.2 Å². The van der Waals surface area contributed by atoms with Gasteiger partial charge in [-0.25, -0.2) is 0 Å². The van der Waals surface area contributed by atoms with Crippen LogP contribution in [-0.4, -0.2) is 43.4 Å². The fourth-order valence-corrected chi connectivity index (χ4v) is 3.31. The number of carbonyl (C=O) groups is 1. The third-order valence-corrected chi connectivity index (χ3v) is 4.62. The molecule has 1 aromatic rings. The van der Waals surface area contributed by atoms with Crippen LogP contribution in [0.2, 0.25) is 0 Å². The number of rotatable bonds is 4. The van der Waals surface area contributed by atoms with Gasteiger partial charge in [0, 0.05) is 25.4 Å². The predicted molar refractivity (Wildman–Crippen MR) is 97.8 cm³/mol. The minimum absolute atomic E-state index is 0.104. The van der Waals surface area contributed by atoms with Crippen LogP contribution in [0.5, 0.6) is 0 Å². The minimum Gasteiger partial charge on any atom is -0.376 e. The number of hydrogen-bond donors (Lipinski definition) is 3. The number of thiocarbonyl (C=S) groups is 1. The van der Waals surface area contributed by atoms with Crippen molar-refractivity contribution in [1.29, 1.82) is 0 Å². The van der Waals surface area contributed by atoms with Gasteiger partial charge in [-0.05, 0) is 49.5 Å². The molecule has 2 aliphatic rings. The number of carbonyl (C=O) groups excluding carboxylic acids is 1. The third kappa shape index (κ3) is 4.58. The number of benzene rings is 1. The summed E-state index contributed by atoms with van der Waals surface area (Å²) in [6.45, 7) is 2.70. The van der Waals surface area contributed by atoms with E-state index < -0.39 is 0 Å². The monoisotopic (exact) mass is 348 g/mol. The molecule has 0 spiro atoms. The zero-order valence-electron chi connectivity index (χ0n) is 13.7. The molecule has 24 heavy (non-hydrogen) atoms. The molecule has 0 aromatic heterocycles. The molecule has 1 amide bonds. The molecular weight excluding hydrogens is 324 g/mol. The smallest absolute Gasteiger partial charge is 0.257 e. The van der Waals surface area contributed by atoms with Gasteiger partial charge in [0.2, 0.25) is 0 Å². The maximum Gasteiger partial charge on any atom is 0.257 e. The third-order valence-electron chi connectivity index (χ3n) is 4.37. The number of aryl methyl sites for hydroxylation is 1. The summed E-state index contributed by atoms with van der Waals surface area (Å²) in [6, 6.07) is 8.25. The summed E-state index contributed by atoms with van der Waals surface area (Å²) < 4.78 is 5.52. The van der Waals surface area contributed by atoms with Crippen LogP contribution in [0.25, 0.3) is 0 Å². The van der Waals surface area contributed by atoms with Crippen molar-refractivity contribution in [3.63, 3.8) is 0 Å². The first-order valence-electron chi connectivity index (χ1n) is 8.49. The maximum absolute atomic E-state index is 12.2. The molecular formula is C17H24N4O2S. The lowest BCUT2D eigenvalue weighted by Gasteiger charge is -2.30. The Balaban J connectivity index is 1.40. The Kier molecular flexibility index (Phi) is 5.87. The molecule has 0 saturated carbocycles. The average Bonchev–Trinajstić information content (AvgIpc) is 3.12. The van der Waals surface area contributed by atoms with E-state index in [2.05, 4.69) is 33.2 Å². The fraction of sp³-hybridized carbons (Fsp3) is 0.529. The summed E-state index contributed by atoms with van der Waals surface area (Å²) in [5.41, 5.74) is 7.87. The van der Waals surface area contributed by atoms with Crippen LogP contribution < -0.4 is 21.1 Å². The normalized spacial score (nSPS) is 19.5. The summed E-state index contributed by atoms with van der Waals surface area (Å²) in [6.07, 6.45) is 4.50. The van der Waals surface area contributed by atoms with Gasteiger partial charge in [-0.3, -0.25) is 15.6 Å². The molecule has 1 aromatic carbocycles. The fourth-order valence-electron chi connectivity index (χ4n) is 3.17. The lowest BCUT2D eigenvalue weighted by molar-refractivity contribution is -0.120. The number of nitrogens with one attached hydrogen (secondary N) is 3. The molecule has 3 rings (SSSR count). The molecule has 0 radical (unpaired) electrons. The van der Waals surface area contributed by atoms with Crippen LogP contribution in [0.1, 0.15) is 24.8 Å². The number of amides is 1. The Bertz CT molecular complexity index is 590. The molecule has 3 N–H and O–H groups in total. The minimum atomic E-state index is -0.104. The second kappa shape index (κ2) is 8.30. The van der Waals surface area contributed by atoms with Crippen molar-refractivity contribution in [1.82, 2.24) is 16.2 Å². The van der Waals surface area contributed by atoms with E-state index in [1.807, 2.05) is 12.1 Å². The predicted octanol–water partition coefficient (Wildman–Crippen LogP) is 1.11. The second-order valence-corrected chi connectivity index (χ2v) is 6.58. The highest BCUT2D eigenvalue weighted by Crippen LogP contribution is 2.26. The summed E-state index contributed by atoms with van der Waals surface area (Å²) in [7, 11) is 0. The average molecular weight is 348 g/mol. The molecule has 6 nitrogen and oxygen atoms in total. The number of ether oxygens (including phenoxy) is 1. The van der Waals surface area contributed by atoms with Crippen LogP contribution in [0, 0.1) is 0 Å². The van der Waals surface area contributed by atoms with E-state index in [9.17, 15) is 4.79 Å². The van der Waals surface area contributed by atoms with E-state index in [1.165, 1.54) is 5.56 Å². The molecule has 1 saturated heterocycles. The van der Waals surface area contributed by atoms with Gasteiger partial charge >= 0.3 is 0 Å². The number of hydrazine groups is 1. The van der Waals surface area contributed by atoms with E-state index in [4.69, 9.17) is 17.0 Å². The maximum atomic E-state index is 12.2. The Morgan fingerprint density at radius 2 is 2.17 bits per heavy atom. The topological polar surface area (TPSA) is 65.6 Å². The number of fused-ring (bicyclic) bond motifs is 1. The summed E-state index contributed by atoms with van der Waals surface area (Å²) in [5, 5.41) is 3.48. The molecule has 130 valence electrons. The first-order chi connectivity index (χ1) is 11.7. The number of nitrogens with zero attached hydrogens (tertiary/aromatic N) is 1. The van der Waals surface area contributed by atoms with Gasteiger partial charge in [0.05, 0.1) is 12.6 Å². The van der Waals surface area contributed by atoms with Crippen molar-refractivity contribution in [3.8, 4) is 0 Å².